The smallest absolute Gasteiger partial charge is 0.174 e. The predicted octanol–water partition coefficient (Wildman–Crippen LogP) is 5.37. The van der Waals surface area contributed by atoms with Gasteiger partial charge in [-0.3, -0.25) is 4.79 Å². The van der Waals surface area contributed by atoms with Gasteiger partial charge in [-0.05, 0) is 66.7 Å². The summed E-state index contributed by atoms with van der Waals surface area (Å²) >= 11 is 6.05. The van der Waals surface area contributed by atoms with Crippen molar-refractivity contribution in [3.05, 3.63) is 59.3 Å². The Morgan fingerprint density at radius 1 is 1.16 bits per heavy atom. The fraction of sp³-hybridized carbons (Fsp3) is 0.448. The number of carbonyl (C=O) groups is 1. The number of allylic oxidation sites excluding steroid dienone is 1. The van der Waals surface area contributed by atoms with Crippen molar-refractivity contribution in [2.75, 3.05) is 37.6 Å². The largest absolute Gasteiger partial charge is 0.493 e. The van der Waals surface area contributed by atoms with Gasteiger partial charge in [0.15, 0.2) is 22.4 Å². The summed E-state index contributed by atoms with van der Waals surface area (Å²) in [6.07, 6.45) is 3.43. The number of carbonyl (C=O) groups excluding carboxylic acids is 1. The second kappa shape index (κ2) is 10.3. The highest BCUT2D eigenvalue weighted by molar-refractivity contribution is 7.80. The first kappa shape index (κ1) is 25.5. The molecule has 3 aliphatic rings. The molecule has 1 saturated heterocycles. The van der Waals surface area contributed by atoms with Crippen molar-refractivity contribution in [2.45, 2.75) is 51.7 Å². The van der Waals surface area contributed by atoms with Crippen LogP contribution >= 0.6 is 12.2 Å². The highest BCUT2D eigenvalue weighted by atomic mass is 32.1. The van der Waals surface area contributed by atoms with Crippen LogP contribution in [-0.2, 0) is 9.53 Å². The first-order valence-corrected chi connectivity index (χ1v) is 13.2. The first-order valence-electron chi connectivity index (χ1n) is 12.8. The van der Waals surface area contributed by atoms with Crippen LogP contribution in [0.1, 0.15) is 51.1 Å². The number of nitrogens with one attached hydrogen (secondary N) is 2. The summed E-state index contributed by atoms with van der Waals surface area (Å²) in [6, 6.07) is 13.5. The molecule has 2 heterocycles. The topological polar surface area (TPSA) is 72.1 Å². The number of ketones is 1. The van der Waals surface area contributed by atoms with Gasteiger partial charge in [0, 0.05) is 30.8 Å². The molecule has 0 spiro atoms. The molecule has 0 aromatic heterocycles. The summed E-state index contributed by atoms with van der Waals surface area (Å²) in [5.41, 5.74) is 4.27. The van der Waals surface area contributed by atoms with Gasteiger partial charge in [-0.25, -0.2) is 0 Å². The zero-order valence-corrected chi connectivity index (χ0v) is 22.7. The molecule has 8 heteroatoms. The van der Waals surface area contributed by atoms with Gasteiger partial charge in [0.05, 0.1) is 37.7 Å². The molecular weight excluding hydrogens is 486 g/mol. The second-order valence-electron chi connectivity index (χ2n) is 10.7. The fourth-order valence-corrected chi connectivity index (χ4v) is 5.93. The van der Waals surface area contributed by atoms with Gasteiger partial charge in [-0.2, -0.15) is 0 Å². The van der Waals surface area contributed by atoms with Crippen LogP contribution in [0.2, 0.25) is 0 Å². The van der Waals surface area contributed by atoms with Crippen molar-refractivity contribution < 1.29 is 19.0 Å². The lowest BCUT2D eigenvalue weighted by Crippen LogP contribution is -2.46. The number of nitrogens with zero attached hydrogens (tertiary/aromatic N) is 1. The Morgan fingerprint density at radius 3 is 2.68 bits per heavy atom. The summed E-state index contributed by atoms with van der Waals surface area (Å²) < 4.78 is 17.0. The summed E-state index contributed by atoms with van der Waals surface area (Å²) in [4.78, 5) is 16.0. The number of ether oxygens (including phenoxy) is 3. The molecule has 1 aliphatic carbocycles. The summed E-state index contributed by atoms with van der Waals surface area (Å²) in [7, 11) is 3.24. The van der Waals surface area contributed by atoms with E-state index < -0.39 is 6.04 Å². The number of methoxy groups -OCH3 is 2. The maximum absolute atomic E-state index is 13.9. The number of thiocarbonyl (C=S) groups is 1. The molecule has 2 atom stereocenters. The molecule has 5 rings (SSSR count). The Labute approximate surface area is 224 Å². The van der Waals surface area contributed by atoms with Crippen molar-refractivity contribution in [3.8, 4) is 11.5 Å². The number of para-hydroxylation sites is 2. The minimum Gasteiger partial charge on any atom is -0.493 e. The van der Waals surface area contributed by atoms with Gasteiger partial charge in [-0.1, -0.05) is 32.0 Å². The Balaban J connectivity index is 1.67. The predicted molar refractivity (Wildman–Crippen MR) is 149 cm³/mol. The van der Waals surface area contributed by atoms with Crippen molar-refractivity contribution >= 4 is 34.5 Å². The van der Waals surface area contributed by atoms with E-state index in [0.29, 0.717) is 29.6 Å². The SMILES string of the molecule is COc1ccc(C2C3=C(CC(C)(C)CC3=O)Nc3ccccc3N2C(=S)NCC2CCCO2)cc1OC. The normalized spacial score (nSPS) is 22.5. The average Bonchev–Trinajstić information content (AvgIpc) is 3.35. The van der Waals surface area contributed by atoms with Crippen LogP contribution in [0.3, 0.4) is 0 Å². The Kier molecular flexibility index (Phi) is 7.14. The molecule has 37 heavy (non-hydrogen) atoms. The maximum Gasteiger partial charge on any atom is 0.174 e. The number of anilines is 2. The molecule has 2 aromatic carbocycles. The Bertz CT molecular complexity index is 1240. The van der Waals surface area contributed by atoms with Crippen LogP contribution in [0.4, 0.5) is 11.4 Å². The lowest BCUT2D eigenvalue weighted by molar-refractivity contribution is -0.118. The number of hydrogen-bond donors (Lipinski definition) is 2. The average molecular weight is 522 g/mol. The van der Waals surface area contributed by atoms with Crippen molar-refractivity contribution in [2.24, 2.45) is 5.41 Å². The quantitative estimate of drug-likeness (QED) is 0.509. The van der Waals surface area contributed by atoms with Gasteiger partial charge < -0.3 is 29.7 Å². The van der Waals surface area contributed by atoms with Gasteiger partial charge in [-0.15, -0.1) is 0 Å². The molecule has 2 N–H and O–H groups in total. The van der Waals surface area contributed by atoms with Crippen molar-refractivity contribution in [1.29, 1.82) is 0 Å². The highest BCUT2D eigenvalue weighted by Gasteiger charge is 2.42. The zero-order chi connectivity index (χ0) is 26.2. The molecular formula is C29H35N3O4S. The molecule has 0 bridgehead atoms. The van der Waals surface area contributed by atoms with E-state index >= 15 is 0 Å². The van der Waals surface area contributed by atoms with Crippen LogP contribution in [0, 0.1) is 5.41 Å². The van der Waals surface area contributed by atoms with Crippen molar-refractivity contribution in [1.82, 2.24) is 5.32 Å². The minimum atomic E-state index is -0.445. The van der Waals surface area contributed by atoms with Crippen molar-refractivity contribution in [3.63, 3.8) is 0 Å². The minimum absolute atomic E-state index is 0.123. The van der Waals surface area contributed by atoms with E-state index in [1.807, 2.05) is 42.5 Å². The molecule has 1 fully saturated rings. The standard InChI is InChI=1S/C29H35N3O4S/c1-29(2)15-21-26(23(33)16-29)27(18-11-12-24(34-3)25(14-18)35-4)32(22-10-6-5-9-20(22)31-21)28(37)30-17-19-8-7-13-36-19/h5-6,9-12,14,19,27,31H,7-8,13,15-17H2,1-4H3,(H,30,37). The monoisotopic (exact) mass is 521 g/mol. The first-order chi connectivity index (χ1) is 17.8. The van der Waals surface area contributed by atoms with Gasteiger partial charge in [0.25, 0.3) is 0 Å². The van der Waals surface area contributed by atoms with Gasteiger partial charge in [0.2, 0.25) is 0 Å². The van der Waals surface area contributed by atoms with Gasteiger partial charge >= 0.3 is 0 Å². The van der Waals surface area contributed by atoms with Crippen LogP contribution in [0.15, 0.2) is 53.7 Å². The van der Waals surface area contributed by atoms with Gasteiger partial charge in [0.1, 0.15) is 0 Å². The lowest BCUT2D eigenvalue weighted by Gasteiger charge is -2.38. The number of hydrogen-bond acceptors (Lipinski definition) is 6. The van der Waals surface area contributed by atoms with Crippen LogP contribution in [0.25, 0.3) is 0 Å². The molecule has 2 unspecified atom stereocenters. The van der Waals surface area contributed by atoms with E-state index in [0.717, 1.165) is 54.1 Å². The van der Waals surface area contributed by atoms with Crippen LogP contribution in [-0.4, -0.2) is 44.4 Å². The van der Waals surface area contributed by atoms with E-state index in [9.17, 15) is 4.79 Å². The highest BCUT2D eigenvalue weighted by Crippen LogP contribution is 2.49. The third kappa shape index (κ3) is 5.05. The molecule has 196 valence electrons. The van der Waals surface area contributed by atoms with E-state index in [-0.39, 0.29) is 17.3 Å². The summed E-state index contributed by atoms with van der Waals surface area (Å²) in [5.74, 6) is 1.36. The maximum atomic E-state index is 13.9. The van der Waals surface area contributed by atoms with E-state index in [1.54, 1.807) is 14.2 Å². The third-order valence-corrected chi connectivity index (χ3v) is 7.69. The van der Waals surface area contributed by atoms with E-state index in [1.165, 1.54) is 0 Å². The number of rotatable bonds is 5. The van der Waals surface area contributed by atoms with Crippen LogP contribution < -0.4 is 25.0 Å². The molecule has 0 amide bonds. The van der Waals surface area contributed by atoms with E-state index in [4.69, 9.17) is 26.4 Å². The molecule has 2 aromatic rings. The zero-order valence-electron chi connectivity index (χ0n) is 21.9. The van der Waals surface area contributed by atoms with Crippen LogP contribution in [0.5, 0.6) is 11.5 Å². The summed E-state index contributed by atoms with van der Waals surface area (Å²) in [6.45, 7) is 5.69. The van der Waals surface area contributed by atoms with E-state index in [2.05, 4.69) is 29.4 Å². The number of benzene rings is 2. The number of fused-ring (bicyclic) bond motifs is 1. The fourth-order valence-electron chi connectivity index (χ4n) is 5.64. The Morgan fingerprint density at radius 2 is 1.95 bits per heavy atom. The third-order valence-electron chi connectivity index (χ3n) is 7.35. The Hall–Kier alpha value is -3.10. The lowest BCUT2D eigenvalue weighted by atomic mass is 9.73. The number of Topliss-reactive ketones (excluding diaryl/α,β-unsaturated/α-hetero) is 1. The molecule has 2 aliphatic heterocycles. The second-order valence-corrected chi connectivity index (χ2v) is 11.1. The molecule has 0 saturated carbocycles. The molecule has 7 nitrogen and oxygen atoms in total. The summed E-state index contributed by atoms with van der Waals surface area (Å²) in [5, 5.41) is 7.64. The molecule has 0 radical (unpaired) electrons.